The second kappa shape index (κ2) is 5.11. The lowest BCUT2D eigenvalue weighted by Gasteiger charge is -2.21. The van der Waals surface area contributed by atoms with Gasteiger partial charge in [-0.1, -0.05) is 32.9 Å². The number of unbranched alkanes of at least 4 members (excludes halogenated alkanes) is 2. The molecule has 0 spiro atoms. The van der Waals surface area contributed by atoms with Gasteiger partial charge >= 0.3 is 0 Å². The molecule has 1 fully saturated rings. The molecular weight excluding hydrogens is 158 g/mol. The molecule has 1 saturated heterocycles. The lowest BCUT2D eigenvalue weighted by Crippen LogP contribution is -2.15. The van der Waals surface area contributed by atoms with Gasteiger partial charge in [-0.3, -0.25) is 0 Å². The van der Waals surface area contributed by atoms with Crippen molar-refractivity contribution in [3.05, 3.63) is 24.6 Å². The number of allylic oxidation sites excluding steroid dienone is 2. The molecule has 0 bridgehead atoms. The molecule has 1 aliphatic rings. The molecule has 1 heterocycles. The van der Waals surface area contributed by atoms with Gasteiger partial charge in [-0.2, -0.15) is 0 Å². The van der Waals surface area contributed by atoms with Crippen LogP contribution in [0.15, 0.2) is 24.6 Å². The van der Waals surface area contributed by atoms with Gasteiger partial charge in [0.2, 0.25) is 0 Å². The van der Waals surface area contributed by atoms with Gasteiger partial charge in [0, 0.05) is 17.9 Å². The van der Waals surface area contributed by atoms with Crippen molar-refractivity contribution >= 4 is 0 Å². The molecule has 0 radical (unpaired) electrons. The van der Waals surface area contributed by atoms with Crippen molar-refractivity contribution in [1.82, 2.24) is 4.90 Å². The van der Waals surface area contributed by atoms with E-state index in [0.717, 1.165) is 19.4 Å². The van der Waals surface area contributed by atoms with Crippen molar-refractivity contribution in [2.75, 3.05) is 6.54 Å². The first kappa shape index (κ1) is 10.4. The summed E-state index contributed by atoms with van der Waals surface area (Å²) in [6, 6.07) is 0. The zero-order chi connectivity index (χ0) is 9.68. The topological polar surface area (TPSA) is 3.24 Å². The van der Waals surface area contributed by atoms with E-state index in [-0.39, 0.29) is 0 Å². The minimum Gasteiger partial charge on any atom is -0.350 e. The predicted octanol–water partition coefficient (Wildman–Crippen LogP) is 3.69. The maximum absolute atomic E-state index is 4.12. The highest BCUT2D eigenvalue weighted by Gasteiger charge is 2.16. The van der Waals surface area contributed by atoms with Gasteiger partial charge in [-0.05, 0) is 25.7 Å². The minimum absolute atomic E-state index is 1.14. The number of hydrogen-bond acceptors (Lipinski definition) is 1. The monoisotopic (exact) mass is 179 g/mol. The molecule has 0 saturated carbocycles. The van der Waals surface area contributed by atoms with Crippen LogP contribution in [-0.4, -0.2) is 11.4 Å². The van der Waals surface area contributed by atoms with Crippen molar-refractivity contribution in [3.63, 3.8) is 0 Å². The van der Waals surface area contributed by atoms with Crippen molar-refractivity contribution in [3.8, 4) is 0 Å². The number of likely N-dealkylation sites (tertiary alicyclic amines) is 1. The van der Waals surface area contributed by atoms with Crippen LogP contribution in [0.25, 0.3) is 0 Å². The van der Waals surface area contributed by atoms with Crippen molar-refractivity contribution in [1.29, 1.82) is 0 Å². The van der Waals surface area contributed by atoms with E-state index < -0.39 is 0 Å². The standard InChI is InChI=1S/C12H21N/c1-4-5-6-8-11(2)13-10-7-9-12(13)3/h2-10H2,1H3. The summed E-state index contributed by atoms with van der Waals surface area (Å²) in [5.74, 6) is 0. The third-order valence-electron chi connectivity index (χ3n) is 2.68. The SMILES string of the molecule is C=C(CCCCC)N1CCCC1=C. The van der Waals surface area contributed by atoms with E-state index in [1.54, 1.807) is 0 Å². The summed E-state index contributed by atoms with van der Waals surface area (Å²) in [5, 5.41) is 0. The highest BCUT2D eigenvalue weighted by Crippen LogP contribution is 2.25. The Morgan fingerprint density at radius 1 is 1.46 bits per heavy atom. The van der Waals surface area contributed by atoms with Crippen LogP contribution in [0.5, 0.6) is 0 Å². The van der Waals surface area contributed by atoms with Crippen LogP contribution in [0.3, 0.4) is 0 Å². The van der Waals surface area contributed by atoms with E-state index in [2.05, 4.69) is 25.0 Å². The summed E-state index contributed by atoms with van der Waals surface area (Å²) in [6.45, 7) is 11.6. The van der Waals surface area contributed by atoms with Crippen molar-refractivity contribution < 1.29 is 0 Å². The quantitative estimate of drug-likeness (QED) is 0.582. The molecule has 1 heteroatoms. The van der Waals surface area contributed by atoms with E-state index >= 15 is 0 Å². The first-order chi connectivity index (χ1) is 6.25. The van der Waals surface area contributed by atoms with Crippen molar-refractivity contribution in [2.45, 2.75) is 45.4 Å². The van der Waals surface area contributed by atoms with E-state index in [0.29, 0.717) is 0 Å². The maximum atomic E-state index is 4.12. The molecule has 0 amide bonds. The Labute approximate surface area is 82.1 Å². The summed E-state index contributed by atoms with van der Waals surface area (Å²) in [7, 11) is 0. The average Bonchev–Trinajstić information content (AvgIpc) is 2.52. The Morgan fingerprint density at radius 2 is 2.23 bits per heavy atom. The van der Waals surface area contributed by atoms with Crippen LogP contribution in [-0.2, 0) is 0 Å². The van der Waals surface area contributed by atoms with Gasteiger partial charge in [0.25, 0.3) is 0 Å². The molecule has 0 aromatic carbocycles. The van der Waals surface area contributed by atoms with Gasteiger partial charge < -0.3 is 4.90 Å². The van der Waals surface area contributed by atoms with E-state index in [4.69, 9.17) is 0 Å². The van der Waals surface area contributed by atoms with Gasteiger partial charge in [0.15, 0.2) is 0 Å². The molecule has 0 N–H and O–H groups in total. The summed E-state index contributed by atoms with van der Waals surface area (Å²) >= 11 is 0. The number of hydrogen-bond donors (Lipinski definition) is 0. The van der Waals surface area contributed by atoms with Crippen LogP contribution in [0.2, 0.25) is 0 Å². The highest BCUT2D eigenvalue weighted by atomic mass is 15.2. The van der Waals surface area contributed by atoms with E-state index in [1.165, 1.54) is 37.1 Å². The van der Waals surface area contributed by atoms with Gasteiger partial charge in [-0.25, -0.2) is 0 Å². The van der Waals surface area contributed by atoms with E-state index in [9.17, 15) is 0 Å². The Balaban J connectivity index is 2.26. The molecule has 0 atom stereocenters. The van der Waals surface area contributed by atoms with Crippen LogP contribution in [0, 0.1) is 0 Å². The lowest BCUT2D eigenvalue weighted by atomic mass is 10.1. The summed E-state index contributed by atoms with van der Waals surface area (Å²) in [4.78, 5) is 2.30. The molecule has 0 aromatic heterocycles. The van der Waals surface area contributed by atoms with Crippen LogP contribution in [0.1, 0.15) is 45.4 Å². The molecule has 0 aliphatic carbocycles. The fraction of sp³-hybridized carbons (Fsp3) is 0.667. The summed E-state index contributed by atoms with van der Waals surface area (Å²) in [5.41, 5.74) is 2.54. The first-order valence-electron chi connectivity index (χ1n) is 5.38. The Bertz CT molecular complexity index is 193. The molecule has 0 unspecified atom stereocenters. The highest BCUT2D eigenvalue weighted by molar-refractivity contribution is 5.11. The molecule has 1 aliphatic heterocycles. The van der Waals surface area contributed by atoms with Crippen LogP contribution in [0.4, 0.5) is 0 Å². The van der Waals surface area contributed by atoms with Crippen molar-refractivity contribution in [2.24, 2.45) is 0 Å². The van der Waals surface area contributed by atoms with Gasteiger partial charge in [-0.15, -0.1) is 0 Å². The smallest absolute Gasteiger partial charge is 0.0228 e. The third-order valence-corrected chi connectivity index (χ3v) is 2.68. The fourth-order valence-electron chi connectivity index (χ4n) is 1.83. The zero-order valence-electron chi connectivity index (χ0n) is 8.81. The Kier molecular flexibility index (Phi) is 4.07. The molecule has 1 nitrogen and oxygen atoms in total. The Hall–Kier alpha value is -0.720. The minimum atomic E-state index is 1.14. The van der Waals surface area contributed by atoms with Gasteiger partial charge in [0.05, 0.1) is 0 Å². The van der Waals surface area contributed by atoms with Crippen LogP contribution < -0.4 is 0 Å². The van der Waals surface area contributed by atoms with Gasteiger partial charge in [0.1, 0.15) is 0 Å². The normalized spacial score (nSPS) is 16.7. The predicted molar refractivity (Wildman–Crippen MR) is 58.4 cm³/mol. The molecule has 0 aromatic rings. The summed E-state index contributed by atoms with van der Waals surface area (Å²) < 4.78 is 0. The second-order valence-electron chi connectivity index (χ2n) is 3.84. The van der Waals surface area contributed by atoms with Crippen LogP contribution >= 0.6 is 0 Å². The zero-order valence-corrected chi connectivity index (χ0v) is 8.81. The average molecular weight is 179 g/mol. The third kappa shape index (κ3) is 2.91. The van der Waals surface area contributed by atoms with E-state index in [1.807, 2.05) is 0 Å². The lowest BCUT2D eigenvalue weighted by molar-refractivity contribution is 0.461. The number of nitrogens with zero attached hydrogens (tertiary/aromatic N) is 1. The molecule has 74 valence electrons. The molecule has 13 heavy (non-hydrogen) atoms. The number of rotatable bonds is 5. The molecule has 1 rings (SSSR count). The maximum Gasteiger partial charge on any atom is 0.0228 e. The second-order valence-corrected chi connectivity index (χ2v) is 3.84. The summed E-state index contributed by atoms with van der Waals surface area (Å²) in [6.07, 6.45) is 7.44. The first-order valence-corrected chi connectivity index (χ1v) is 5.38. The molecular formula is C12H21N. The fourth-order valence-corrected chi connectivity index (χ4v) is 1.83. The Morgan fingerprint density at radius 3 is 2.77 bits per heavy atom. The largest absolute Gasteiger partial charge is 0.350 e.